The molecule has 1 atom stereocenters. The molecular weight excluding hydrogens is 218 g/mol. The summed E-state index contributed by atoms with van der Waals surface area (Å²) in [5.74, 6) is 0.0838. The van der Waals surface area contributed by atoms with E-state index in [2.05, 4.69) is 17.0 Å². The zero-order valence-electron chi connectivity index (χ0n) is 11.3. The molecule has 0 aromatic rings. The molecule has 100 valence electrons. The number of nitrogens with one attached hydrogen (secondary N) is 1. The number of unbranched alkanes of at least 4 members (excludes halogenated alkanes) is 2. The molecule has 1 amide bonds. The fourth-order valence-corrected chi connectivity index (χ4v) is 1.62. The van der Waals surface area contributed by atoms with Crippen molar-refractivity contribution in [3.63, 3.8) is 0 Å². The second-order valence-corrected chi connectivity index (χ2v) is 4.37. The molecule has 4 nitrogen and oxygen atoms in total. The van der Waals surface area contributed by atoms with Crippen LogP contribution in [-0.4, -0.2) is 25.5 Å². The fraction of sp³-hybridized carbons (Fsp3) is 0.846. The number of methoxy groups -OCH3 is 1. The number of hydrogen-bond acceptors (Lipinski definition) is 3. The van der Waals surface area contributed by atoms with Crippen molar-refractivity contribution in [1.82, 2.24) is 5.32 Å². The van der Waals surface area contributed by atoms with Crippen molar-refractivity contribution in [3.8, 4) is 0 Å². The number of rotatable bonds is 9. The maximum atomic E-state index is 11.5. The zero-order valence-corrected chi connectivity index (χ0v) is 11.3. The third-order valence-corrected chi connectivity index (χ3v) is 2.75. The molecule has 0 bridgehead atoms. The Labute approximate surface area is 104 Å². The topological polar surface area (TPSA) is 55.4 Å². The Kier molecular flexibility index (Phi) is 9.49. The molecule has 1 N–H and O–H groups in total. The average molecular weight is 243 g/mol. The first-order valence-corrected chi connectivity index (χ1v) is 6.46. The number of hydrogen-bond donors (Lipinski definition) is 1. The van der Waals surface area contributed by atoms with Crippen molar-refractivity contribution in [2.24, 2.45) is 5.92 Å². The van der Waals surface area contributed by atoms with Crippen LogP contribution in [-0.2, 0) is 14.3 Å². The highest BCUT2D eigenvalue weighted by Gasteiger charge is 2.10. The predicted molar refractivity (Wildman–Crippen MR) is 67.6 cm³/mol. The van der Waals surface area contributed by atoms with Crippen LogP contribution in [0.4, 0.5) is 0 Å². The van der Waals surface area contributed by atoms with E-state index in [0.717, 1.165) is 32.1 Å². The predicted octanol–water partition coefficient (Wildman–Crippen LogP) is 2.27. The van der Waals surface area contributed by atoms with Gasteiger partial charge in [-0.1, -0.05) is 26.7 Å². The molecule has 17 heavy (non-hydrogen) atoms. The van der Waals surface area contributed by atoms with Gasteiger partial charge in [0.05, 0.1) is 7.11 Å². The Bertz CT molecular complexity index is 229. The van der Waals surface area contributed by atoms with Crippen molar-refractivity contribution in [3.05, 3.63) is 0 Å². The second kappa shape index (κ2) is 10.1. The van der Waals surface area contributed by atoms with Crippen LogP contribution in [0.3, 0.4) is 0 Å². The third kappa shape index (κ3) is 8.72. The molecule has 0 aliphatic heterocycles. The van der Waals surface area contributed by atoms with Crippen LogP contribution in [0.1, 0.15) is 52.4 Å². The van der Waals surface area contributed by atoms with Crippen molar-refractivity contribution < 1.29 is 14.3 Å². The van der Waals surface area contributed by atoms with E-state index in [9.17, 15) is 9.59 Å². The van der Waals surface area contributed by atoms with Gasteiger partial charge in [-0.25, -0.2) is 0 Å². The molecule has 0 aromatic carbocycles. The first-order valence-electron chi connectivity index (χ1n) is 6.46. The van der Waals surface area contributed by atoms with Gasteiger partial charge >= 0.3 is 5.97 Å². The van der Waals surface area contributed by atoms with Crippen LogP contribution in [0.15, 0.2) is 0 Å². The number of carbonyl (C=O) groups is 2. The first kappa shape index (κ1) is 15.9. The molecule has 0 saturated heterocycles. The summed E-state index contributed by atoms with van der Waals surface area (Å²) in [6, 6.07) is 0. The number of esters is 1. The van der Waals surface area contributed by atoms with Crippen molar-refractivity contribution in [1.29, 1.82) is 0 Å². The van der Waals surface area contributed by atoms with E-state index in [1.807, 2.05) is 6.92 Å². The van der Waals surface area contributed by atoms with Gasteiger partial charge in [-0.2, -0.15) is 0 Å². The zero-order chi connectivity index (χ0) is 13.1. The van der Waals surface area contributed by atoms with Gasteiger partial charge in [0.15, 0.2) is 0 Å². The monoisotopic (exact) mass is 243 g/mol. The van der Waals surface area contributed by atoms with Gasteiger partial charge in [-0.05, 0) is 19.3 Å². The SMILES string of the molecule is CCCC(C)C(=O)NCCCCCC(=O)OC. The lowest BCUT2D eigenvalue weighted by Crippen LogP contribution is -2.29. The molecule has 1 unspecified atom stereocenters. The van der Waals surface area contributed by atoms with Gasteiger partial charge in [0.25, 0.3) is 0 Å². The molecule has 0 spiro atoms. The molecule has 0 saturated carbocycles. The normalized spacial score (nSPS) is 11.9. The Hall–Kier alpha value is -1.06. The van der Waals surface area contributed by atoms with Gasteiger partial charge in [-0.15, -0.1) is 0 Å². The summed E-state index contributed by atoms with van der Waals surface area (Å²) in [4.78, 5) is 22.4. The lowest BCUT2D eigenvalue weighted by molar-refractivity contribution is -0.140. The van der Waals surface area contributed by atoms with Gasteiger partial charge in [0, 0.05) is 18.9 Å². The highest BCUT2D eigenvalue weighted by Crippen LogP contribution is 2.05. The van der Waals surface area contributed by atoms with Crippen molar-refractivity contribution in [2.75, 3.05) is 13.7 Å². The summed E-state index contributed by atoms with van der Waals surface area (Å²) in [6.45, 7) is 4.74. The molecule has 0 fully saturated rings. The van der Waals surface area contributed by atoms with Crippen LogP contribution >= 0.6 is 0 Å². The van der Waals surface area contributed by atoms with E-state index >= 15 is 0 Å². The van der Waals surface area contributed by atoms with E-state index in [1.165, 1.54) is 7.11 Å². The lowest BCUT2D eigenvalue weighted by atomic mass is 10.1. The Morgan fingerprint density at radius 3 is 2.53 bits per heavy atom. The quantitative estimate of drug-likeness (QED) is 0.499. The van der Waals surface area contributed by atoms with Crippen LogP contribution < -0.4 is 5.32 Å². The molecule has 4 heteroatoms. The minimum absolute atomic E-state index is 0.107. The standard InChI is InChI=1S/C13H25NO3/c1-4-8-11(2)13(16)14-10-7-5-6-9-12(15)17-3/h11H,4-10H2,1-3H3,(H,14,16). The number of ether oxygens (including phenoxy) is 1. The molecule has 0 aromatic heterocycles. The summed E-state index contributed by atoms with van der Waals surface area (Å²) < 4.78 is 4.54. The average Bonchev–Trinajstić information content (AvgIpc) is 2.33. The van der Waals surface area contributed by atoms with E-state index in [-0.39, 0.29) is 17.8 Å². The summed E-state index contributed by atoms with van der Waals surface area (Å²) in [5.41, 5.74) is 0. The molecule has 0 heterocycles. The summed E-state index contributed by atoms with van der Waals surface area (Å²) in [7, 11) is 1.40. The number of amides is 1. The van der Waals surface area contributed by atoms with E-state index in [1.54, 1.807) is 0 Å². The van der Waals surface area contributed by atoms with Gasteiger partial charge in [-0.3, -0.25) is 9.59 Å². The molecular formula is C13H25NO3. The third-order valence-electron chi connectivity index (χ3n) is 2.75. The molecule has 0 rings (SSSR count). The van der Waals surface area contributed by atoms with Crippen LogP contribution in [0.2, 0.25) is 0 Å². The molecule has 0 aliphatic rings. The Morgan fingerprint density at radius 2 is 1.94 bits per heavy atom. The molecule has 0 radical (unpaired) electrons. The highest BCUT2D eigenvalue weighted by atomic mass is 16.5. The molecule has 0 aliphatic carbocycles. The summed E-state index contributed by atoms with van der Waals surface area (Å²) in [6.07, 6.45) is 5.13. The fourth-order valence-electron chi connectivity index (χ4n) is 1.62. The first-order chi connectivity index (χ1) is 8.11. The van der Waals surface area contributed by atoms with E-state index < -0.39 is 0 Å². The van der Waals surface area contributed by atoms with E-state index in [0.29, 0.717) is 13.0 Å². The highest BCUT2D eigenvalue weighted by molar-refractivity contribution is 5.78. The maximum Gasteiger partial charge on any atom is 0.305 e. The minimum Gasteiger partial charge on any atom is -0.469 e. The lowest BCUT2D eigenvalue weighted by Gasteiger charge is -2.10. The summed E-state index contributed by atoms with van der Waals surface area (Å²) in [5, 5.41) is 2.91. The van der Waals surface area contributed by atoms with Gasteiger partial charge in [0.2, 0.25) is 5.91 Å². The number of carbonyl (C=O) groups excluding carboxylic acids is 2. The van der Waals surface area contributed by atoms with Crippen molar-refractivity contribution in [2.45, 2.75) is 52.4 Å². The van der Waals surface area contributed by atoms with Crippen molar-refractivity contribution >= 4 is 11.9 Å². The second-order valence-electron chi connectivity index (χ2n) is 4.37. The summed E-state index contributed by atoms with van der Waals surface area (Å²) >= 11 is 0. The Balaban J connectivity index is 3.39. The minimum atomic E-state index is -0.161. The maximum absolute atomic E-state index is 11.5. The smallest absolute Gasteiger partial charge is 0.305 e. The van der Waals surface area contributed by atoms with E-state index in [4.69, 9.17) is 0 Å². The van der Waals surface area contributed by atoms with Gasteiger partial charge in [0.1, 0.15) is 0 Å². The largest absolute Gasteiger partial charge is 0.469 e. The Morgan fingerprint density at radius 1 is 1.24 bits per heavy atom. The van der Waals surface area contributed by atoms with Crippen LogP contribution in [0.25, 0.3) is 0 Å². The van der Waals surface area contributed by atoms with Crippen LogP contribution in [0.5, 0.6) is 0 Å². The van der Waals surface area contributed by atoms with Gasteiger partial charge < -0.3 is 10.1 Å². The van der Waals surface area contributed by atoms with Crippen LogP contribution in [0, 0.1) is 5.92 Å².